The van der Waals surface area contributed by atoms with Crippen molar-refractivity contribution in [1.82, 2.24) is 10.3 Å². The lowest BCUT2D eigenvalue weighted by Crippen LogP contribution is -2.35. The van der Waals surface area contributed by atoms with E-state index in [0.29, 0.717) is 4.47 Å². The summed E-state index contributed by atoms with van der Waals surface area (Å²) in [6.45, 7) is 4.95. The molecule has 3 nitrogen and oxygen atoms in total. The minimum absolute atomic E-state index is 0.154. The molecule has 1 aromatic carbocycles. The van der Waals surface area contributed by atoms with Crippen LogP contribution in [0.5, 0.6) is 5.75 Å². The summed E-state index contributed by atoms with van der Waals surface area (Å²) in [6, 6.07) is 5.52. The Bertz CT molecular complexity index is 526. The molecule has 0 fully saturated rings. The maximum Gasteiger partial charge on any atom is 0.129 e. The van der Waals surface area contributed by atoms with Crippen LogP contribution in [0.4, 0.5) is 0 Å². The molecule has 18 heavy (non-hydrogen) atoms. The Kier molecular flexibility index (Phi) is 4.04. The van der Waals surface area contributed by atoms with Gasteiger partial charge in [0.05, 0.1) is 10.0 Å². The summed E-state index contributed by atoms with van der Waals surface area (Å²) in [5.74, 6) is 0.262. The van der Waals surface area contributed by atoms with E-state index in [4.69, 9.17) is 0 Å². The number of hydrogen-bond acceptors (Lipinski definition) is 4. The van der Waals surface area contributed by atoms with Gasteiger partial charge in [0.25, 0.3) is 0 Å². The molecular formula is C13H15BrN2OS. The van der Waals surface area contributed by atoms with Gasteiger partial charge in [-0.05, 0) is 47.5 Å². The predicted octanol–water partition coefficient (Wildman–Crippen LogP) is 3.64. The number of rotatable bonds is 4. The van der Waals surface area contributed by atoms with E-state index in [1.807, 2.05) is 23.7 Å². The molecule has 0 aliphatic heterocycles. The van der Waals surface area contributed by atoms with Crippen molar-refractivity contribution in [1.29, 1.82) is 0 Å². The summed E-state index contributed by atoms with van der Waals surface area (Å²) in [4.78, 5) is 4.34. The first-order valence-electron chi connectivity index (χ1n) is 5.61. The van der Waals surface area contributed by atoms with Gasteiger partial charge in [-0.2, -0.15) is 0 Å². The van der Waals surface area contributed by atoms with Gasteiger partial charge >= 0.3 is 0 Å². The Balaban J connectivity index is 2.05. The number of aromatic nitrogens is 1. The number of nitrogens with one attached hydrogen (secondary N) is 1. The van der Waals surface area contributed by atoms with E-state index >= 15 is 0 Å². The molecule has 0 bridgehead atoms. The molecule has 0 aliphatic rings. The first kappa shape index (κ1) is 13.5. The van der Waals surface area contributed by atoms with Gasteiger partial charge in [0.15, 0.2) is 0 Å². The molecule has 0 saturated carbocycles. The van der Waals surface area contributed by atoms with Gasteiger partial charge in [-0.3, -0.25) is 0 Å². The quantitative estimate of drug-likeness (QED) is 0.901. The van der Waals surface area contributed by atoms with Crippen LogP contribution >= 0.6 is 27.3 Å². The van der Waals surface area contributed by atoms with Crippen LogP contribution in [0.1, 0.15) is 24.4 Å². The number of nitrogens with zero attached hydrogens (tertiary/aromatic N) is 1. The molecule has 1 aromatic heterocycles. The summed E-state index contributed by atoms with van der Waals surface area (Å²) in [5, 5.41) is 16.0. The highest BCUT2D eigenvalue weighted by Crippen LogP contribution is 2.26. The standard InChI is InChI=1S/C13H15BrN2OS/c1-13(2,12-15-5-6-18-12)16-8-9-3-4-11(17)10(14)7-9/h3-7,16-17H,8H2,1-2H3. The van der Waals surface area contributed by atoms with E-state index in [1.54, 1.807) is 17.4 Å². The van der Waals surface area contributed by atoms with Crippen molar-refractivity contribution >= 4 is 27.3 Å². The van der Waals surface area contributed by atoms with Crippen LogP contribution in [-0.2, 0) is 12.1 Å². The van der Waals surface area contributed by atoms with Crippen molar-refractivity contribution in [2.45, 2.75) is 25.9 Å². The van der Waals surface area contributed by atoms with Gasteiger partial charge in [0.2, 0.25) is 0 Å². The molecule has 2 rings (SSSR count). The first-order valence-corrected chi connectivity index (χ1v) is 7.29. The van der Waals surface area contributed by atoms with E-state index < -0.39 is 0 Å². The predicted molar refractivity (Wildman–Crippen MR) is 77.8 cm³/mol. The van der Waals surface area contributed by atoms with Gasteiger partial charge in [0, 0.05) is 18.1 Å². The molecular weight excluding hydrogens is 312 g/mol. The fourth-order valence-corrected chi connectivity index (χ4v) is 2.76. The Morgan fingerprint density at radius 2 is 2.22 bits per heavy atom. The topological polar surface area (TPSA) is 45.1 Å². The highest BCUT2D eigenvalue weighted by Gasteiger charge is 2.22. The third-order valence-electron chi connectivity index (χ3n) is 2.71. The molecule has 96 valence electrons. The number of halogens is 1. The summed E-state index contributed by atoms with van der Waals surface area (Å²) in [6.07, 6.45) is 1.82. The molecule has 0 amide bonds. The van der Waals surface area contributed by atoms with Gasteiger partial charge in [-0.1, -0.05) is 6.07 Å². The number of thiazole rings is 1. The second-order valence-electron chi connectivity index (χ2n) is 4.60. The minimum atomic E-state index is -0.154. The van der Waals surface area contributed by atoms with Gasteiger partial charge in [-0.25, -0.2) is 4.98 Å². The van der Waals surface area contributed by atoms with Gasteiger partial charge < -0.3 is 10.4 Å². The number of phenols is 1. The van der Waals surface area contributed by atoms with Crippen LogP contribution in [-0.4, -0.2) is 10.1 Å². The maximum atomic E-state index is 9.45. The molecule has 0 spiro atoms. The molecule has 0 radical (unpaired) electrons. The average molecular weight is 327 g/mol. The molecule has 0 unspecified atom stereocenters. The van der Waals surface area contributed by atoms with Crippen molar-refractivity contribution < 1.29 is 5.11 Å². The fraction of sp³-hybridized carbons (Fsp3) is 0.308. The van der Waals surface area contributed by atoms with E-state index in [-0.39, 0.29) is 11.3 Å². The number of hydrogen-bond donors (Lipinski definition) is 2. The Morgan fingerprint density at radius 1 is 1.44 bits per heavy atom. The molecule has 2 N–H and O–H groups in total. The molecule has 2 aromatic rings. The summed E-state index contributed by atoms with van der Waals surface area (Å²) in [7, 11) is 0. The number of benzene rings is 1. The molecule has 0 aliphatic carbocycles. The highest BCUT2D eigenvalue weighted by atomic mass is 79.9. The minimum Gasteiger partial charge on any atom is -0.507 e. The van der Waals surface area contributed by atoms with E-state index in [1.165, 1.54) is 0 Å². The normalized spacial score (nSPS) is 11.7. The zero-order valence-corrected chi connectivity index (χ0v) is 12.7. The second kappa shape index (κ2) is 5.38. The van der Waals surface area contributed by atoms with Crippen LogP contribution in [0.15, 0.2) is 34.2 Å². The molecule has 1 heterocycles. The second-order valence-corrected chi connectivity index (χ2v) is 6.35. The summed E-state index contributed by atoms with van der Waals surface area (Å²) < 4.78 is 0.717. The Labute approximate surface area is 119 Å². The van der Waals surface area contributed by atoms with E-state index in [9.17, 15) is 5.11 Å². The van der Waals surface area contributed by atoms with Crippen LogP contribution in [0.25, 0.3) is 0 Å². The van der Waals surface area contributed by atoms with E-state index in [0.717, 1.165) is 17.1 Å². The zero-order valence-electron chi connectivity index (χ0n) is 10.3. The monoisotopic (exact) mass is 326 g/mol. The van der Waals surface area contributed by atoms with Crippen molar-refractivity contribution in [3.8, 4) is 5.75 Å². The average Bonchev–Trinajstić information content (AvgIpc) is 2.85. The number of phenolic OH excluding ortho intramolecular Hbond substituents is 1. The third kappa shape index (κ3) is 3.10. The molecule has 5 heteroatoms. The van der Waals surface area contributed by atoms with Crippen molar-refractivity contribution in [2.75, 3.05) is 0 Å². The van der Waals surface area contributed by atoms with Gasteiger partial charge in [-0.15, -0.1) is 11.3 Å². The first-order chi connectivity index (χ1) is 8.49. The summed E-state index contributed by atoms with van der Waals surface area (Å²) in [5.41, 5.74) is 0.961. The lowest BCUT2D eigenvalue weighted by atomic mass is 10.1. The van der Waals surface area contributed by atoms with Crippen LogP contribution in [0, 0.1) is 0 Å². The molecule has 0 atom stereocenters. The lowest BCUT2D eigenvalue weighted by Gasteiger charge is -2.24. The molecule has 0 saturated heterocycles. The van der Waals surface area contributed by atoms with Crippen LogP contribution in [0.2, 0.25) is 0 Å². The van der Waals surface area contributed by atoms with Crippen molar-refractivity contribution in [3.05, 3.63) is 44.8 Å². The summed E-state index contributed by atoms with van der Waals surface area (Å²) >= 11 is 4.96. The van der Waals surface area contributed by atoms with Crippen LogP contribution < -0.4 is 5.32 Å². The Morgan fingerprint density at radius 3 is 2.83 bits per heavy atom. The SMILES string of the molecule is CC(C)(NCc1ccc(O)c(Br)c1)c1nccs1. The van der Waals surface area contributed by atoms with Crippen molar-refractivity contribution in [3.63, 3.8) is 0 Å². The maximum absolute atomic E-state index is 9.45. The Hall–Kier alpha value is -0.910. The van der Waals surface area contributed by atoms with Crippen molar-refractivity contribution in [2.24, 2.45) is 0 Å². The van der Waals surface area contributed by atoms with Crippen LogP contribution in [0.3, 0.4) is 0 Å². The fourth-order valence-electron chi connectivity index (χ4n) is 1.59. The lowest BCUT2D eigenvalue weighted by molar-refractivity contribution is 0.399. The smallest absolute Gasteiger partial charge is 0.129 e. The highest BCUT2D eigenvalue weighted by molar-refractivity contribution is 9.10. The largest absolute Gasteiger partial charge is 0.507 e. The van der Waals surface area contributed by atoms with Gasteiger partial charge in [0.1, 0.15) is 10.8 Å². The zero-order chi connectivity index (χ0) is 13.2. The number of aromatic hydroxyl groups is 1. The third-order valence-corrected chi connectivity index (χ3v) is 4.45. The van der Waals surface area contributed by atoms with E-state index in [2.05, 4.69) is 40.1 Å².